The molecule has 0 fully saturated rings. The summed E-state index contributed by atoms with van der Waals surface area (Å²) in [4.78, 5) is 12.1. The van der Waals surface area contributed by atoms with Crippen LogP contribution < -0.4 is 14.8 Å². The van der Waals surface area contributed by atoms with Crippen LogP contribution in [0.3, 0.4) is 0 Å². The number of benzene rings is 1. The quantitative estimate of drug-likeness (QED) is 0.686. The van der Waals surface area contributed by atoms with E-state index in [4.69, 9.17) is 9.47 Å². The number of carbonyl (C=O) groups is 1. The van der Waals surface area contributed by atoms with Gasteiger partial charge in [0.25, 0.3) is 5.91 Å². The highest BCUT2D eigenvalue weighted by Gasteiger charge is 2.19. The zero-order chi connectivity index (χ0) is 16.8. The average Bonchev–Trinajstić information content (AvgIpc) is 2.46. The van der Waals surface area contributed by atoms with Crippen molar-refractivity contribution in [3.63, 3.8) is 0 Å². The van der Waals surface area contributed by atoms with Gasteiger partial charge in [-0.2, -0.15) is 0 Å². The van der Waals surface area contributed by atoms with E-state index in [-0.39, 0.29) is 35.6 Å². The van der Waals surface area contributed by atoms with Crippen LogP contribution in [0.2, 0.25) is 0 Å². The molecule has 1 aromatic carbocycles. The number of carbonyl (C=O) groups excluding carboxylic acids is 1. The van der Waals surface area contributed by atoms with Crippen molar-refractivity contribution in [3.8, 4) is 5.75 Å². The minimum absolute atomic E-state index is 0.00157. The first-order valence-corrected chi connectivity index (χ1v) is 8.27. The first kappa shape index (κ1) is 18.4. The lowest BCUT2D eigenvalue weighted by atomic mass is 10.2. The Morgan fingerprint density at radius 2 is 1.95 bits per heavy atom. The summed E-state index contributed by atoms with van der Waals surface area (Å²) >= 11 is 0. The van der Waals surface area contributed by atoms with E-state index in [2.05, 4.69) is 10.0 Å². The number of ether oxygens (including phenoxy) is 2. The fourth-order valence-corrected chi connectivity index (χ4v) is 2.77. The maximum absolute atomic E-state index is 12.2. The Hall–Kier alpha value is -1.64. The van der Waals surface area contributed by atoms with Gasteiger partial charge in [-0.05, 0) is 32.0 Å². The maximum Gasteiger partial charge on any atom is 0.255 e. The molecule has 124 valence electrons. The Balaban J connectivity index is 3.11. The third-order valence-corrected chi connectivity index (χ3v) is 4.20. The summed E-state index contributed by atoms with van der Waals surface area (Å²) in [6.07, 6.45) is 0. The molecule has 7 nitrogen and oxygen atoms in total. The van der Waals surface area contributed by atoms with Crippen molar-refractivity contribution in [2.75, 3.05) is 27.4 Å². The van der Waals surface area contributed by atoms with Gasteiger partial charge >= 0.3 is 0 Å². The molecule has 0 radical (unpaired) electrons. The Labute approximate surface area is 131 Å². The highest BCUT2D eigenvalue weighted by Crippen LogP contribution is 2.22. The zero-order valence-corrected chi connectivity index (χ0v) is 14.0. The van der Waals surface area contributed by atoms with Crippen molar-refractivity contribution in [1.29, 1.82) is 0 Å². The fourth-order valence-electron chi connectivity index (χ4n) is 1.73. The number of sulfonamides is 1. The molecule has 1 aromatic rings. The molecule has 0 aliphatic carbocycles. The lowest BCUT2D eigenvalue weighted by Crippen LogP contribution is -2.31. The standard InChI is InChI=1S/C14H22N2O5S/c1-10(2)16-14(17)12-9-11(5-6-13(12)21-4)22(18,19)15-7-8-20-3/h5-6,9-10,15H,7-8H2,1-4H3,(H,16,17). The van der Waals surface area contributed by atoms with Crippen molar-refractivity contribution < 1.29 is 22.7 Å². The summed E-state index contributed by atoms with van der Waals surface area (Å²) in [6.45, 7) is 4.04. The molecule has 0 atom stereocenters. The van der Waals surface area contributed by atoms with E-state index in [9.17, 15) is 13.2 Å². The summed E-state index contributed by atoms with van der Waals surface area (Å²) < 4.78 is 36.6. The van der Waals surface area contributed by atoms with Crippen molar-refractivity contribution >= 4 is 15.9 Å². The number of rotatable bonds is 8. The van der Waals surface area contributed by atoms with Crippen LogP contribution in [0.1, 0.15) is 24.2 Å². The van der Waals surface area contributed by atoms with Gasteiger partial charge in [0.15, 0.2) is 0 Å². The van der Waals surface area contributed by atoms with Gasteiger partial charge in [0.2, 0.25) is 10.0 Å². The molecule has 0 aliphatic rings. The van der Waals surface area contributed by atoms with Gasteiger partial charge in [-0.15, -0.1) is 0 Å². The Bertz CT molecular complexity index is 614. The molecule has 22 heavy (non-hydrogen) atoms. The van der Waals surface area contributed by atoms with Crippen molar-refractivity contribution in [2.24, 2.45) is 0 Å². The van der Waals surface area contributed by atoms with E-state index in [1.807, 2.05) is 13.8 Å². The van der Waals surface area contributed by atoms with E-state index in [0.717, 1.165) is 0 Å². The van der Waals surface area contributed by atoms with Gasteiger partial charge < -0.3 is 14.8 Å². The maximum atomic E-state index is 12.2. The first-order valence-electron chi connectivity index (χ1n) is 6.79. The van der Waals surface area contributed by atoms with E-state index in [1.165, 1.54) is 32.4 Å². The van der Waals surface area contributed by atoms with Gasteiger partial charge in [-0.25, -0.2) is 13.1 Å². The average molecular weight is 330 g/mol. The molecule has 2 N–H and O–H groups in total. The molecule has 0 bridgehead atoms. The van der Waals surface area contributed by atoms with Crippen LogP contribution in [-0.2, 0) is 14.8 Å². The van der Waals surface area contributed by atoms with E-state index in [0.29, 0.717) is 5.75 Å². The van der Waals surface area contributed by atoms with Gasteiger partial charge in [0.1, 0.15) is 5.75 Å². The normalized spacial score (nSPS) is 11.5. The van der Waals surface area contributed by atoms with Gasteiger partial charge in [-0.1, -0.05) is 0 Å². The largest absolute Gasteiger partial charge is 0.496 e. The predicted octanol–water partition coefficient (Wildman–Crippen LogP) is 0.758. The molecule has 1 rings (SSSR count). The molecular formula is C14H22N2O5S. The number of hydrogen-bond acceptors (Lipinski definition) is 5. The number of methoxy groups -OCH3 is 2. The first-order chi connectivity index (χ1) is 10.3. The lowest BCUT2D eigenvalue weighted by molar-refractivity contribution is 0.0940. The van der Waals surface area contributed by atoms with Crippen LogP contribution in [0.15, 0.2) is 23.1 Å². The van der Waals surface area contributed by atoms with Crippen molar-refractivity contribution in [2.45, 2.75) is 24.8 Å². The van der Waals surface area contributed by atoms with Crippen LogP contribution in [-0.4, -0.2) is 47.7 Å². The Morgan fingerprint density at radius 3 is 2.50 bits per heavy atom. The molecule has 0 aromatic heterocycles. The van der Waals surface area contributed by atoms with Gasteiger partial charge in [0.05, 0.1) is 24.2 Å². The molecule has 0 saturated carbocycles. The fraction of sp³-hybridized carbons (Fsp3) is 0.500. The summed E-state index contributed by atoms with van der Waals surface area (Å²) in [5.41, 5.74) is 0.172. The summed E-state index contributed by atoms with van der Waals surface area (Å²) in [7, 11) is -0.802. The third-order valence-electron chi connectivity index (χ3n) is 2.74. The second kappa shape index (κ2) is 8.11. The SMILES string of the molecule is COCCNS(=O)(=O)c1ccc(OC)c(C(=O)NC(C)C)c1. The minimum Gasteiger partial charge on any atom is -0.496 e. The molecule has 0 saturated heterocycles. The number of hydrogen-bond donors (Lipinski definition) is 2. The molecule has 0 spiro atoms. The van der Waals surface area contributed by atoms with Crippen molar-refractivity contribution in [1.82, 2.24) is 10.0 Å². The van der Waals surface area contributed by atoms with E-state index < -0.39 is 10.0 Å². The van der Waals surface area contributed by atoms with Crippen molar-refractivity contribution in [3.05, 3.63) is 23.8 Å². The Morgan fingerprint density at radius 1 is 1.27 bits per heavy atom. The summed E-state index contributed by atoms with van der Waals surface area (Å²) in [5.74, 6) is -0.0743. The van der Waals surface area contributed by atoms with Gasteiger partial charge in [0, 0.05) is 19.7 Å². The molecular weight excluding hydrogens is 308 g/mol. The zero-order valence-electron chi connectivity index (χ0n) is 13.2. The predicted molar refractivity (Wildman–Crippen MR) is 82.7 cm³/mol. The number of nitrogens with one attached hydrogen (secondary N) is 2. The molecule has 8 heteroatoms. The van der Waals surface area contributed by atoms with Gasteiger partial charge in [-0.3, -0.25) is 4.79 Å². The smallest absolute Gasteiger partial charge is 0.255 e. The number of amides is 1. The van der Waals surface area contributed by atoms with Crippen LogP contribution in [0, 0.1) is 0 Å². The highest BCUT2D eigenvalue weighted by atomic mass is 32.2. The highest BCUT2D eigenvalue weighted by molar-refractivity contribution is 7.89. The van der Waals surface area contributed by atoms with Crippen LogP contribution in [0.25, 0.3) is 0 Å². The summed E-state index contributed by atoms with van der Waals surface area (Å²) in [6, 6.07) is 4.07. The third kappa shape index (κ3) is 4.97. The van der Waals surface area contributed by atoms with Crippen LogP contribution in [0.4, 0.5) is 0 Å². The minimum atomic E-state index is -3.71. The second-order valence-corrected chi connectivity index (χ2v) is 6.65. The molecule has 1 amide bonds. The second-order valence-electron chi connectivity index (χ2n) is 4.88. The Kier molecular flexibility index (Phi) is 6.79. The lowest BCUT2D eigenvalue weighted by Gasteiger charge is -2.13. The summed E-state index contributed by atoms with van der Waals surface area (Å²) in [5, 5.41) is 2.71. The van der Waals surface area contributed by atoms with E-state index in [1.54, 1.807) is 0 Å². The topological polar surface area (TPSA) is 93.7 Å². The molecule has 0 unspecified atom stereocenters. The van der Waals surface area contributed by atoms with Crippen LogP contribution >= 0.6 is 0 Å². The monoisotopic (exact) mass is 330 g/mol. The molecule has 0 heterocycles. The molecule has 0 aliphatic heterocycles. The van der Waals surface area contributed by atoms with E-state index >= 15 is 0 Å². The van der Waals surface area contributed by atoms with Crippen LogP contribution in [0.5, 0.6) is 5.75 Å².